The minimum atomic E-state index is -3.84. The van der Waals surface area contributed by atoms with Crippen molar-refractivity contribution in [1.29, 1.82) is 0 Å². The molecule has 3 rings (SSSR count). The second kappa shape index (κ2) is 6.57. The first-order chi connectivity index (χ1) is 11.8. The van der Waals surface area contributed by atoms with Crippen molar-refractivity contribution in [3.05, 3.63) is 54.8 Å². The molecule has 0 radical (unpaired) electrons. The molecule has 1 aromatic carbocycles. The number of hydrazine groups is 1. The van der Waals surface area contributed by atoms with Gasteiger partial charge in [-0.25, -0.2) is 5.01 Å². The first kappa shape index (κ1) is 17.6. The molecule has 0 saturated heterocycles. The molecule has 2 aliphatic rings. The van der Waals surface area contributed by atoms with Gasteiger partial charge in [0.05, 0.1) is 22.6 Å². The van der Waals surface area contributed by atoms with E-state index in [1.807, 2.05) is 43.3 Å². The molecule has 1 aromatic rings. The van der Waals surface area contributed by atoms with Crippen LogP contribution in [0.4, 0.5) is 0 Å². The van der Waals surface area contributed by atoms with Crippen LogP contribution in [0.3, 0.4) is 0 Å². The summed E-state index contributed by atoms with van der Waals surface area (Å²) in [6.45, 7) is 1.96. The van der Waals surface area contributed by atoms with E-state index in [9.17, 15) is 13.2 Å². The SMILES string of the molecule is CC1C=CN(N(C)C)C2/C(=N/S(=O)(=O)c3ccccc3)C=CC(=O)C12. The van der Waals surface area contributed by atoms with Gasteiger partial charge in [-0.2, -0.15) is 12.8 Å². The maximum Gasteiger partial charge on any atom is 0.282 e. The normalized spacial score (nSPS) is 27.8. The van der Waals surface area contributed by atoms with Crippen molar-refractivity contribution in [2.24, 2.45) is 16.2 Å². The summed E-state index contributed by atoms with van der Waals surface area (Å²) < 4.78 is 29.4. The zero-order valence-electron chi connectivity index (χ0n) is 14.4. The second-order valence-electron chi connectivity index (χ2n) is 6.44. The fourth-order valence-corrected chi connectivity index (χ4v) is 4.30. The van der Waals surface area contributed by atoms with Crippen LogP contribution in [0.15, 0.2) is 64.1 Å². The Bertz CT molecular complexity index is 857. The Morgan fingerprint density at radius 2 is 1.80 bits per heavy atom. The maximum absolute atomic E-state index is 12.7. The summed E-state index contributed by atoms with van der Waals surface area (Å²) in [5, 5.41) is 3.68. The largest absolute Gasteiger partial charge is 0.304 e. The molecule has 0 aromatic heterocycles. The summed E-state index contributed by atoms with van der Waals surface area (Å²) in [6, 6.07) is 7.67. The molecule has 25 heavy (non-hydrogen) atoms. The molecule has 1 heterocycles. The number of benzene rings is 1. The predicted molar refractivity (Wildman–Crippen MR) is 96.3 cm³/mol. The van der Waals surface area contributed by atoms with Crippen LogP contribution < -0.4 is 0 Å². The Kier molecular flexibility index (Phi) is 4.62. The lowest BCUT2D eigenvalue weighted by molar-refractivity contribution is -0.123. The standard InChI is InChI=1S/C18H21N3O3S/c1-13-11-12-21(20(2)3)18-15(9-10-16(22)17(13)18)19-25(23,24)14-7-5-4-6-8-14/h4-13,17-18H,1-3H3/b19-15+. The highest BCUT2D eigenvalue weighted by atomic mass is 32.2. The topological polar surface area (TPSA) is 70.0 Å². The lowest BCUT2D eigenvalue weighted by atomic mass is 9.76. The zero-order chi connectivity index (χ0) is 18.2. The number of fused-ring (bicyclic) bond motifs is 1. The first-order valence-electron chi connectivity index (χ1n) is 8.07. The van der Waals surface area contributed by atoms with E-state index in [0.29, 0.717) is 5.71 Å². The average molecular weight is 359 g/mol. The number of ketones is 1. The number of sulfonamides is 1. The fraction of sp³-hybridized carbons (Fsp3) is 0.333. The summed E-state index contributed by atoms with van der Waals surface area (Å²) in [5.74, 6) is -0.366. The van der Waals surface area contributed by atoms with Crippen molar-refractivity contribution >= 4 is 21.5 Å². The van der Waals surface area contributed by atoms with Crippen molar-refractivity contribution in [2.75, 3.05) is 14.1 Å². The molecule has 0 bridgehead atoms. The van der Waals surface area contributed by atoms with E-state index < -0.39 is 16.1 Å². The molecule has 0 N–H and O–H groups in total. The summed E-state index contributed by atoms with van der Waals surface area (Å²) in [4.78, 5) is 12.6. The van der Waals surface area contributed by atoms with E-state index >= 15 is 0 Å². The molecular formula is C18H21N3O3S. The van der Waals surface area contributed by atoms with Crippen LogP contribution in [0.2, 0.25) is 0 Å². The number of nitrogens with zero attached hydrogens (tertiary/aromatic N) is 3. The minimum absolute atomic E-state index is 0.00304. The van der Waals surface area contributed by atoms with Gasteiger partial charge in [0.2, 0.25) is 0 Å². The lowest BCUT2D eigenvalue weighted by Gasteiger charge is -2.44. The summed E-state index contributed by atoms with van der Waals surface area (Å²) in [5.41, 5.74) is 0.373. The Morgan fingerprint density at radius 1 is 1.12 bits per heavy atom. The van der Waals surface area contributed by atoms with Gasteiger partial charge < -0.3 is 5.01 Å². The van der Waals surface area contributed by atoms with E-state index in [2.05, 4.69) is 4.40 Å². The van der Waals surface area contributed by atoms with Gasteiger partial charge in [-0.15, -0.1) is 0 Å². The number of carbonyl (C=O) groups excluding carboxylic acids is 1. The lowest BCUT2D eigenvalue weighted by Crippen LogP contribution is -2.56. The molecule has 0 amide bonds. The van der Waals surface area contributed by atoms with Crippen LogP contribution in [0, 0.1) is 11.8 Å². The van der Waals surface area contributed by atoms with Crippen LogP contribution in [0.1, 0.15) is 6.92 Å². The predicted octanol–water partition coefficient (Wildman–Crippen LogP) is 1.88. The summed E-state index contributed by atoms with van der Waals surface area (Å²) >= 11 is 0. The van der Waals surface area contributed by atoms with Gasteiger partial charge in [0.1, 0.15) is 0 Å². The van der Waals surface area contributed by atoms with Gasteiger partial charge in [-0.1, -0.05) is 31.2 Å². The van der Waals surface area contributed by atoms with Crippen LogP contribution in [0.5, 0.6) is 0 Å². The number of rotatable bonds is 3. The van der Waals surface area contributed by atoms with Crippen LogP contribution >= 0.6 is 0 Å². The third-order valence-electron chi connectivity index (χ3n) is 4.51. The van der Waals surface area contributed by atoms with Gasteiger partial charge in [0, 0.05) is 20.3 Å². The highest BCUT2D eigenvalue weighted by molar-refractivity contribution is 7.90. The first-order valence-corrected chi connectivity index (χ1v) is 9.51. The van der Waals surface area contributed by atoms with Gasteiger partial charge in [-0.3, -0.25) is 4.79 Å². The molecule has 0 spiro atoms. The third-order valence-corrected chi connectivity index (χ3v) is 5.83. The molecule has 7 heteroatoms. The Hall–Kier alpha value is -2.25. The third kappa shape index (κ3) is 3.29. The zero-order valence-corrected chi connectivity index (χ0v) is 15.2. The summed E-state index contributed by atoms with van der Waals surface area (Å²) in [7, 11) is -0.137. The molecule has 0 saturated carbocycles. The van der Waals surface area contributed by atoms with Crippen LogP contribution in [-0.2, 0) is 14.8 Å². The number of allylic oxidation sites excluding steroid dienone is 2. The highest BCUT2D eigenvalue weighted by Gasteiger charge is 2.43. The molecule has 0 fully saturated rings. The van der Waals surface area contributed by atoms with E-state index in [0.717, 1.165) is 0 Å². The molecule has 1 aliphatic heterocycles. The van der Waals surface area contributed by atoms with Crippen molar-refractivity contribution < 1.29 is 13.2 Å². The quantitative estimate of drug-likeness (QED) is 0.824. The summed E-state index contributed by atoms with van der Waals surface area (Å²) in [6.07, 6.45) is 6.79. The van der Waals surface area contributed by atoms with Crippen LogP contribution in [-0.4, -0.2) is 50.1 Å². The fourth-order valence-electron chi connectivity index (χ4n) is 3.25. The van der Waals surface area contributed by atoms with Gasteiger partial charge in [-0.05, 0) is 30.2 Å². The molecule has 3 unspecified atom stereocenters. The van der Waals surface area contributed by atoms with Gasteiger partial charge >= 0.3 is 0 Å². The maximum atomic E-state index is 12.7. The van der Waals surface area contributed by atoms with E-state index in [-0.39, 0.29) is 22.5 Å². The van der Waals surface area contributed by atoms with Crippen molar-refractivity contribution in [3.8, 4) is 0 Å². The van der Waals surface area contributed by atoms with E-state index in [1.54, 1.807) is 18.2 Å². The van der Waals surface area contributed by atoms with Crippen molar-refractivity contribution in [3.63, 3.8) is 0 Å². The smallest absolute Gasteiger partial charge is 0.282 e. The van der Waals surface area contributed by atoms with Crippen molar-refractivity contribution in [2.45, 2.75) is 17.9 Å². The monoisotopic (exact) mass is 359 g/mol. The number of hydrogen-bond donors (Lipinski definition) is 0. The molecule has 3 atom stereocenters. The van der Waals surface area contributed by atoms with Crippen molar-refractivity contribution in [1.82, 2.24) is 10.0 Å². The second-order valence-corrected chi connectivity index (χ2v) is 8.04. The van der Waals surface area contributed by atoms with Gasteiger partial charge in [0.15, 0.2) is 5.78 Å². The van der Waals surface area contributed by atoms with Gasteiger partial charge in [0.25, 0.3) is 10.0 Å². The van der Waals surface area contributed by atoms with E-state index in [4.69, 9.17) is 0 Å². The Balaban J connectivity index is 2.10. The molecule has 6 nitrogen and oxygen atoms in total. The minimum Gasteiger partial charge on any atom is -0.304 e. The Morgan fingerprint density at radius 3 is 2.44 bits per heavy atom. The van der Waals surface area contributed by atoms with E-state index in [1.165, 1.54) is 24.3 Å². The molecular weight excluding hydrogens is 338 g/mol. The Labute approximate surface area is 148 Å². The van der Waals surface area contributed by atoms with Crippen LogP contribution in [0.25, 0.3) is 0 Å². The average Bonchev–Trinajstić information content (AvgIpc) is 2.58. The highest BCUT2D eigenvalue weighted by Crippen LogP contribution is 2.33. The molecule has 1 aliphatic carbocycles. The molecule has 132 valence electrons. The number of hydrogen-bond acceptors (Lipinski definition) is 5. The number of carbonyl (C=O) groups is 1.